The van der Waals surface area contributed by atoms with E-state index >= 15 is 0 Å². The zero-order valence-corrected chi connectivity index (χ0v) is 49.7. The van der Waals surface area contributed by atoms with E-state index in [4.69, 9.17) is 14.2 Å². The van der Waals surface area contributed by atoms with Crippen LogP contribution in [0.4, 0.5) is 0 Å². The Morgan fingerprint density at radius 3 is 0.685 bits per heavy atom. The van der Waals surface area contributed by atoms with Gasteiger partial charge in [0.25, 0.3) is 0 Å². The van der Waals surface area contributed by atoms with E-state index in [1.807, 2.05) is 0 Å². The van der Waals surface area contributed by atoms with Gasteiger partial charge in [-0.05, 0) is 44.9 Å². The molecule has 0 aromatic carbocycles. The number of esters is 3. The molecule has 0 amide bonds. The number of carbonyl (C=O) groups excluding carboxylic acids is 3. The first-order valence-corrected chi connectivity index (χ1v) is 33.2. The summed E-state index contributed by atoms with van der Waals surface area (Å²) in [7, 11) is 0. The summed E-state index contributed by atoms with van der Waals surface area (Å²) in [6, 6.07) is 0. The van der Waals surface area contributed by atoms with Crippen molar-refractivity contribution in [1.29, 1.82) is 0 Å². The second-order valence-electron chi connectivity index (χ2n) is 22.7. The first kappa shape index (κ1) is 71.2. The lowest BCUT2D eigenvalue weighted by atomic mass is 10.0. The van der Waals surface area contributed by atoms with Crippen LogP contribution in [0.15, 0.2) is 12.2 Å². The van der Waals surface area contributed by atoms with Gasteiger partial charge in [-0.15, -0.1) is 0 Å². The van der Waals surface area contributed by atoms with Gasteiger partial charge in [0.1, 0.15) is 13.2 Å². The maximum absolute atomic E-state index is 12.8. The number of hydrogen-bond acceptors (Lipinski definition) is 6. The van der Waals surface area contributed by atoms with Crippen LogP contribution in [-0.4, -0.2) is 37.2 Å². The molecule has 0 saturated heterocycles. The van der Waals surface area contributed by atoms with Crippen molar-refractivity contribution >= 4 is 17.9 Å². The molecule has 0 aromatic heterocycles. The molecule has 0 aromatic rings. The van der Waals surface area contributed by atoms with Gasteiger partial charge >= 0.3 is 17.9 Å². The van der Waals surface area contributed by atoms with Crippen molar-refractivity contribution in [2.45, 2.75) is 386 Å². The molecule has 0 aliphatic heterocycles. The van der Waals surface area contributed by atoms with E-state index in [9.17, 15) is 14.4 Å². The number of ether oxygens (including phenoxy) is 3. The van der Waals surface area contributed by atoms with Crippen molar-refractivity contribution < 1.29 is 28.6 Å². The summed E-state index contributed by atoms with van der Waals surface area (Å²) >= 11 is 0. The molecule has 6 nitrogen and oxygen atoms in total. The van der Waals surface area contributed by atoms with Crippen molar-refractivity contribution in [2.24, 2.45) is 0 Å². The third kappa shape index (κ3) is 60.9. The van der Waals surface area contributed by atoms with Crippen LogP contribution in [0.1, 0.15) is 380 Å². The second kappa shape index (κ2) is 62.7. The molecule has 0 bridgehead atoms. The van der Waals surface area contributed by atoms with E-state index in [2.05, 4.69) is 32.9 Å². The highest BCUT2D eigenvalue weighted by molar-refractivity contribution is 5.71. The third-order valence-corrected chi connectivity index (χ3v) is 15.3. The predicted molar refractivity (Wildman–Crippen MR) is 317 cm³/mol. The van der Waals surface area contributed by atoms with Crippen molar-refractivity contribution in [3.8, 4) is 0 Å². The van der Waals surface area contributed by atoms with Gasteiger partial charge in [-0.3, -0.25) is 14.4 Å². The molecule has 0 saturated carbocycles. The molecule has 0 aliphatic rings. The molecule has 1 atom stereocenters. The van der Waals surface area contributed by atoms with Crippen LogP contribution < -0.4 is 0 Å². The number of allylic oxidation sites excluding steroid dienone is 2. The van der Waals surface area contributed by atoms with Gasteiger partial charge in [-0.25, -0.2) is 0 Å². The zero-order valence-electron chi connectivity index (χ0n) is 49.7. The molecule has 0 spiro atoms. The molecule has 0 N–H and O–H groups in total. The highest BCUT2D eigenvalue weighted by Gasteiger charge is 2.19. The van der Waals surface area contributed by atoms with Gasteiger partial charge < -0.3 is 14.2 Å². The first-order chi connectivity index (χ1) is 36.0. The first-order valence-electron chi connectivity index (χ1n) is 33.2. The van der Waals surface area contributed by atoms with Crippen molar-refractivity contribution in [1.82, 2.24) is 0 Å². The van der Waals surface area contributed by atoms with Gasteiger partial charge in [0, 0.05) is 19.3 Å². The van der Waals surface area contributed by atoms with E-state index in [0.717, 1.165) is 57.8 Å². The summed E-state index contributed by atoms with van der Waals surface area (Å²) in [5.41, 5.74) is 0. The van der Waals surface area contributed by atoms with Crippen molar-refractivity contribution in [2.75, 3.05) is 13.2 Å². The number of rotatable bonds is 62. The Hall–Kier alpha value is -1.85. The second-order valence-corrected chi connectivity index (χ2v) is 22.7. The Morgan fingerprint density at radius 1 is 0.260 bits per heavy atom. The zero-order chi connectivity index (χ0) is 52.9. The van der Waals surface area contributed by atoms with Crippen LogP contribution >= 0.6 is 0 Å². The van der Waals surface area contributed by atoms with Crippen LogP contribution in [0.5, 0.6) is 0 Å². The molecule has 0 radical (unpaired) electrons. The lowest BCUT2D eigenvalue weighted by Crippen LogP contribution is -2.30. The fraction of sp³-hybridized carbons (Fsp3) is 0.925. The molecule has 6 heteroatoms. The summed E-state index contributed by atoms with van der Waals surface area (Å²) in [4.78, 5) is 38.0. The maximum Gasteiger partial charge on any atom is 0.306 e. The van der Waals surface area contributed by atoms with E-state index in [0.29, 0.717) is 19.3 Å². The average Bonchev–Trinajstić information content (AvgIpc) is 3.39. The fourth-order valence-corrected chi connectivity index (χ4v) is 10.3. The van der Waals surface area contributed by atoms with Crippen LogP contribution in [-0.2, 0) is 28.6 Å². The maximum atomic E-state index is 12.8. The summed E-state index contributed by atoms with van der Waals surface area (Å²) in [6.07, 6.45) is 74.2. The Kier molecular flexibility index (Phi) is 61.1. The lowest BCUT2D eigenvalue weighted by Gasteiger charge is -2.18. The number of carbonyl (C=O) groups is 3. The topological polar surface area (TPSA) is 78.9 Å². The predicted octanol–water partition coefficient (Wildman–Crippen LogP) is 22.4. The molecule has 73 heavy (non-hydrogen) atoms. The molecule has 0 rings (SSSR count). The minimum atomic E-state index is -0.766. The van der Waals surface area contributed by atoms with Crippen LogP contribution in [0, 0.1) is 0 Å². The number of unbranched alkanes of at least 4 members (excludes halogenated alkanes) is 49. The van der Waals surface area contributed by atoms with Gasteiger partial charge in [0.2, 0.25) is 0 Å². The Labute approximate surface area is 456 Å². The average molecular weight is 1030 g/mol. The van der Waals surface area contributed by atoms with Crippen molar-refractivity contribution in [3.63, 3.8) is 0 Å². The lowest BCUT2D eigenvalue weighted by molar-refractivity contribution is -0.167. The molecule has 1 unspecified atom stereocenters. The minimum absolute atomic E-state index is 0.0663. The standard InChI is InChI=1S/C67H128O6/c1-4-7-10-13-16-18-20-22-24-26-27-28-29-30-31-32-33-34-35-36-37-38-39-41-42-44-46-48-51-54-57-60-66(69)72-63-64(62-71-65(68)59-56-53-50-15-12-9-6-3)73-67(70)61-58-55-52-49-47-45-43-40-25-23-21-19-17-14-11-8-5-2/h23,25,64H,4-22,24,26-63H2,1-3H3/b25-23-. The summed E-state index contributed by atoms with van der Waals surface area (Å²) < 4.78 is 16.8. The SMILES string of the molecule is CCCCCCCC/C=C\CCCCCCCCCC(=O)OC(COC(=O)CCCCCCCCC)COC(=O)CCCCCCCCCCCCCCCCCCCCCCCCCCCCCCCCC. The van der Waals surface area contributed by atoms with Crippen LogP contribution in [0.2, 0.25) is 0 Å². The van der Waals surface area contributed by atoms with Crippen LogP contribution in [0.25, 0.3) is 0 Å². The summed E-state index contributed by atoms with van der Waals surface area (Å²) in [6.45, 7) is 6.66. The molecule has 0 fully saturated rings. The molecule has 0 aliphatic carbocycles. The largest absolute Gasteiger partial charge is 0.462 e. The van der Waals surface area contributed by atoms with Crippen LogP contribution in [0.3, 0.4) is 0 Å². The normalized spacial score (nSPS) is 12.0. The Balaban J connectivity index is 3.96. The monoisotopic (exact) mass is 1030 g/mol. The number of hydrogen-bond donors (Lipinski definition) is 0. The van der Waals surface area contributed by atoms with E-state index in [1.54, 1.807) is 0 Å². The minimum Gasteiger partial charge on any atom is -0.462 e. The van der Waals surface area contributed by atoms with Gasteiger partial charge in [0.05, 0.1) is 0 Å². The van der Waals surface area contributed by atoms with E-state index in [-0.39, 0.29) is 31.1 Å². The fourth-order valence-electron chi connectivity index (χ4n) is 10.3. The summed E-state index contributed by atoms with van der Waals surface area (Å²) in [5.74, 6) is -0.852. The Bertz CT molecular complexity index is 1130. The molecule has 0 heterocycles. The van der Waals surface area contributed by atoms with Gasteiger partial charge in [0.15, 0.2) is 6.10 Å². The Morgan fingerprint density at radius 2 is 0.452 bits per heavy atom. The molecular weight excluding hydrogens is 901 g/mol. The van der Waals surface area contributed by atoms with Gasteiger partial charge in [-0.1, -0.05) is 328 Å². The quantitative estimate of drug-likeness (QED) is 0.0261. The molecule has 432 valence electrons. The summed E-state index contributed by atoms with van der Waals surface area (Å²) in [5, 5.41) is 0. The van der Waals surface area contributed by atoms with E-state index < -0.39 is 6.10 Å². The highest BCUT2D eigenvalue weighted by atomic mass is 16.6. The van der Waals surface area contributed by atoms with Crippen molar-refractivity contribution in [3.05, 3.63) is 12.2 Å². The van der Waals surface area contributed by atoms with E-state index in [1.165, 1.54) is 283 Å². The third-order valence-electron chi connectivity index (χ3n) is 15.3. The highest BCUT2D eigenvalue weighted by Crippen LogP contribution is 2.19. The smallest absolute Gasteiger partial charge is 0.306 e. The molecular formula is C67H128O6. The van der Waals surface area contributed by atoms with Gasteiger partial charge in [-0.2, -0.15) is 0 Å².